The fraction of sp³-hybridized carbons (Fsp3) is 0.562. The lowest BCUT2D eigenvalue weighted by Crippen LogP contribution is -2.04. The van der Waals surface area contributed by atoms with Crippen molar-refractivity contribution in [3.05, 3.63) is 34.2 Å². The van der Waals surface area contributed by atoms with E-state index in [0.717, 1.165) is 42.6 Å². The first-order valence-electron chi connectivity index (χ1n) is 7.44. The lowest BCUT2D eigenvalue weighted by Gasteiger charge is -2.11. The molecule has 0 N–H and O–H groups in total. The number of hydrogen-bond acceptors (Lipinski definition) is 5. The zero-order valence-corrected chi connectivity index (χ0v) is 12.3. The van der Waals surface area contributed by atoms with E-state index in [0.29, 0.717) is 25.6 Å². The molecule has 0 radical (unpaired) electrons. The number of nitrogens with zero attached hydrogens (tertiary/aromatic N) is 1. The van der Waals surface area contributed by atoms with Gasteiger partial charge in [0.15, 0.2) is 11.1 Å². The van der Waals surface area contributed by atoms with Crippen molar-refractivity contribution in [2.24, 2.45) is 11.3 Å². The molecule has 114 valence electrons. The summed E-state index contributed by atoms with van der Waals surface area (Å²) >= 11 is 0. The predicted octanol–water partition coefficient (Wildman–Crippen LogP) is 3.70. The number of aryl methyl sites for hydroxylation is 1. The Hall–Kier alpha value is -1.91. The molecule has 0 aromatic heterocycles. The molecule has 5 nitrogen and oxygen atoms in total. The van der Waals surface area contributed by atoms with E-state index < -0.39 is 0 Å². The van der Waals surface area contributed by atoms with Crippen molar-refractivity contribution < 1.29 is 14.4 Å². The monoisotopic (exact) mass is 291 g/mol. The molecule has 1 aliphatic rings. The molecule has 0 saturated carbocycles. The van der Waals surface area contributed by atoms with Gasteiger partial charge in [0, 0.05) is 12.0 Å². The van der Waals surface area contributed by atoms with Crippen LogP contribution in [0.1, 0.15) is 48.5 Å². The smallest absolute Gasteiger partial charge is 0.163 e. The summed E-state index contributed by atoms with van der Waals surface area (Å²) in [5, 5.41) is 2.38. The van der Waals surface area contributed by atoms with Crippen LogP contribution in [0.3, 0.4) is 0 Å². The number of ketones is 1. The molecule has 1 aromatic carbocycles. The number of Topliss-reactive ketones (excluding diaryl/α,β-unsaturated/α-hetero) is 1. The fourth-order valence-corrected chi connectivity index (χ4v) is 2.58. The summed E-state index contributed by atoms with van der Waals surface area (Å²) in [5.41, 5.74) is 1.95. The van der Waals surface area contributed by atoms with Crippen LogP contribution in [0.2, 0.25) is 0 Å². The third-order valence-electron chi connectivity index (χ3n) is 3.86. The first-order chi connectivity index (χ1) is 10.2. The third kappa shape index (κ3) is 4.55. The Bertz CT molecular complexity index is 501. The number of carbonyl (C=O) groups is 1. The van der Waals surface area contributed by atoms with Crippen LogP contribution in [0.15, 0.2) is 23.5 Å². The van der Waals surface area contributed by atoms with Gasteiger partial charge in [-0.1, -0.05) is 6.92 Å². The molecule has 0 aliphatic heterocycles. The van der Waals surface area contributed by atoms with Gasteiger partial charge in [0.05, 0.1) is 6.61 Å². The van der Waals surface area contributed by atoms with Crippen molar-refractivity contribution in [1.82, 2.24) is 0 Å². The summed E-state index contributed by atoms with van der Waals surface area (Å²) in [6.45, 7) is 3.16. The van der Waals surface area contributed by atoms with Gasteiger partial charge in [-0.15, -0.1) is 4.91 Å². The molecular weight excluding hydrogens is 270 g/mol. The number of benzene rings is 1. The largest absolute Gasteiger partial charge is 0.494 e. The lowest BCUT2D eigenvalue weighted by molar-refractivity contribution is 0.0994. The second kappa shape index (κ2) is 7.76. The first kappa shape index (κ1) is 15.5. The highest BCUT2D eigenvalue weighted by Gasteiger charge is 2.19. The van der Waals surface area contributed by atoms with Gasteiger partial charge in [-0.25, -0.2) is 0 Å². The van der Waals surface area contributed by atoms with Crippen LogP contribution in [0.25, 0.3) is 0 Å². The highest BCUT2D eigenvalue weighted by Crippen LogP contribution is 2.26. The Kier molecular flexibility index (Phi) is 5.72. The topological polar surface area (TPSA) is 65.0 Å². The van der Waals surface area contributed by atoms with Crippen LogP contribution in [0.4, 0.5) is 0 Å². The fourth-order valence-electron chi connectivity index (χ4n) is 2.58. The van der Waals surface area contributed by atoms with E-state index in [9.17, 15) is 9.70 Å². The quantitative estimate of drug-likeness (QED) is 0.395. The summed E-state index contributed by atoms with van der Waals surface area (Å²) in [7, 11) is 0. The summed E-state index contributed by atoms with van der Waals surface area (Å²) in [4.78, 5) is 25.8. The van der Waals surface area contributed by atoms with Crippen LogP contribution < -0.4 is 4.74 Å². The molecule has 0 bridgehead atoms. The van der Waals surface area contributed by atoms with E-state index in [1.165, 1.54) is 0 Å². The Morgan fingerprint density at radius 2 is 2.10 bits per heavy atom. The Morgan fingerprint density at radius 3 is 2.90 bits per heavy atom. The minimum atomic E-state index is 0.234. The highest BCUT2D eigenvalue weighted by molar-refractivity contribution is 6.00. The van der Waals surface area contributed by atoms with Crippen molar-refractivity contribution >= 4 is 5.78 Å². The van der Waals surface area contributed by atoms with Gasteiger partial charge >= 0.3 is 0 Å². The van der Waals surface area contributed by atoms with Gasteiger partial charge < -0.3 is 9.57 Å². The number of fused-ring (bicyclic) bond motifs is 1. The van der Waals surface area contributed by atoms with Crippen LogP contribution in [0, 0.1) is 10.8 Å². The molecule has 5 heteroatoms. The number of ether oxygens (including phenoxy) is 1. The molecule has 21 heavy (non-hydrogen) atoms. The minimum Gasteiger partial charge on any atom is -0.494 e. The van der Waals surface area contributed by atoms with Crippen LogP contribution in [-0.2, 0) is 11.3 Å². The van der Waals surface area contributed by atoms with Crippen LogP contribution in [0.5, 0.6) is 5.75 Å². The zero-order chi connectivity index (χ0) is 15.1. The van der Waals surface area contributed by atoms with E-state index in [4.69, 9.17) is 4.74 Å². The lowest BCUT2D eigenvalue weighted by atomic mass is 10.0. The predicted molar refractivity (Wildman–Crippen MR) is 79.4 cm³/mol. The molecule has 0 amide bonds. The average molecular weight is 291 g/mol. The Labute approximate surface area is 124 Å². The van der Waals surface area contributed by atoms with E-state index in [1.54, 1.807) is 0 Å². The molecule has 0 heterocycles. The van der Waals surface area contributed by atoms with Crippen LogP contribution in [-0.4, -0.2) is 19.0 Å². The average Bonchev–Trinajstić information content (AvgIpc) is 2.85. The summed E-state index contributed by atoms with van der Waals surface area (Å²) < 4.78 is 5.73. The maximum atomic E-state index is 11.5. The van der Waals surface area contributed by atoms with Crippen molar-refractivity contribution in [2.45, 2.75) is 39.0 Å². The standard InChI is InChI=1S/C16H21NO4/c1-12(8-10-21-17-19)3-2-9-20-14-5-6-15-13(11-14)4-7-16(15)18/h5-6,11-12H,2-4,7-10H2,1H3. The van der Waals surface area contributed by atoms with E-state index in [2.05, 4.69) is 17.1 Å². The van der Waals surface area contributed by atoms with Crippen molar-refractivity contribution in [2.75, 3.05) is 13.2 Å². The zero-order valence-electron chi connectivity index (χ0n) is 12.3. The van der Waals surface area contributed by atoms with Gasteiger partial charge in [0.25, 0.3) is 0 Å². The second-order valence-corrected chi connectivity index (χ2v) is 5.53. The number of rotatable bonds is 9. The van der Waals surface area contributed by atoms with Gasteiger partial charge in [-0.05, 0) is 55.4 Å². The summed E-state index contributed by atoms with van der Waals surface area (Å²) in [6, 6.07) is 5.72. The Morgan fingerprint density at radius 1 is 1.24 bits per heavy atom. The molecule has 0 spiro atoms. The van der Waals surface area contributed by atoms with Crippen molar-refractivity contribution in [3.63, 3.8) is 0 Å². The normalized spacial score (nSPS) is 14.6. The number of carbonyl (C=O) groups excluding carboxylic acids is 1. The maximum absolute atomic E-state index is 11.5. The molecule has 1 aliphatic carbocycles. The maximum Gasteiger partial charge on any atom is 0.163 e. The van der Waals surface area contributed by atoms with Gasteiger partial charge in [0.1, 0.15) is 12.4 Å². The van der Waals surface area contributed by atoms with E-state index in [1.807, 2.05) is 18.2 Å². The molecule has 1 aromatic rings. The second-order valence-electron chi connectivity index (χ2n) is 5.53. The third-order valence-corrected chi connectivity index (χ3v) is 3.86. The van der Waals surface area contributed by atoms with Gasteiger partial charge in [0.2, 0.25) is 0 Å². The SMILES string of the molecule is CC(CCCOc1ccc2c(c1)CCC2=O)CCON=O. The summed E-state index contributed by atoms with van der Waals surface area (Å²) in [6.07, 6.45) is 4.24. The Balaban J connectivity index is 1.67. The van der Waals surface area contributed by atoms with Gasteiger partial charge in [-0.3, -0.25) is 4.79 Å². The number of hydrogen-bond donors (Lipinski definition) is 0. The summed E-state index contributed by atoms with van der Waals surface area (Å²) in [5.74, 6) is 1.55. The van der Waals surface area contributed by atoms with E-state index in [-0.39, 0.29) is 5.78 Å². The van der Waals surface area contributed by atoms with Crippen LogP contribution >= 0.6 is 0 Å². The first-order valence-corrected chi connectivity index (χ1v) is 7.44. The van der Waals surface area contributed by atoms with Gasteiger partial charge in [-0.2, -0.15) is 0 Å². The minimum absolute atomic E-state index is 0.234. The van der Waals surface area contributed by atoms with Crippen molar-refractivity contribution in [3.8, 4) is 5.75 Å². The van der Waals surface area contributed by atoms with E-state index >= 15 is 0 Å². The molecule has 1 atom stereocenters. The molecule has 0 fully saturated rings. The van der Waals surface area contributed by atoms with Crippen molar-refractivity contribution in [1.29, 1.82) is 0 Å². The molecule has 0 saturated heterocycles. The molecule has 2 rings (SSSR count). The molecule has 1 unspecified atom stereocenters. The molecular formula is C16H21NO4. The highest BCUT2D eigenvalue weighted by atomic mass is 16.7.